The number of fused-ring (bicyclic) bond motifs is 1. The SMILES string of the molecule is O=Cc1c(-c2cc(F)ccc2F)[nH]c2cc(F)cc(F)c12. The fourth-order valence-electron chi connectivity index (χ4n) is 2.29. The Morgan fingerprint density at radius 2 is 1.67 bits per heavy atom. The van der Waals surface area contributed by atoms with Crippen molar-refractivity contribution in [2.24, 2.45) is 0 Å². The van der Waals surface area contributed by atoms with Crippen molar-refractivity contribution in [1.29, 1.82) is 0 Å². The zero-order valence-corrected chi connectivity index (χ0v) is 10.4. The molecule has 21 heavy (non-hydrogen) atoms. The molecule has 3 aromatic rings. The van der Waals surface area contributed by atoms with Gasteiger partial charge in [0.15, 0.2) is 6.29 Å². The lowest BCUT2D eigenvalue weighted by atomic mass is 10.1. The molecule has 1 N–H and O–H groups in total. The van der Waals surface area contributed by atoms with Crippen molar-refractivity contribution in [1.82, 2.24) is 4.98 Å². The van der Waals surface area contributed by atoms with E-state index in [1.165, 1.54) is 0 Å². The third kappa shape index (κ3) is 2.08. The van der Waals surface area contributed by atoms with Gasteiger partial charge in [-0.25, -0.2) is 17.6 Å². The minimum atomic E-state index is -0.952. The average molecular weight is 293 g/mol. The third-order valence-electron chi connectivity index (χ3n) is 3.17. The molecule has 2 aromatic carbocycles. The first kappa shape index (κ1) is 13.4. The van der Waals surface area contributed by atoms with E-state index in [1.807, 2.05) is 0 Å². The second-order valence-corrected chi connectivity index (χ2v) is 4.47. The number of rotatable bonds is 2. The Labute approximate surface area is 116 Å². The second kappa shape index (κ2) is 4.73. The van der Waals surface area contributed by atoms with Gasteiger partial charge < -0.3 is 4.98 Å². The molecule has 0 amide bonds. The van der Waals surface area contributed by atoms with Gasteiger partial charge in [-0.3, -0.25) is 4.79 Å². The summed E-state index contributed by atoms with van der Waals surface area (Å²) in [5.41, 5.74) is -0.519. The first-order valence-corrected chi connectivity index (χ1v) is 5.92. The molecule has 0 atom stereocenters. The molecule has 0 aliphatic carbocycles. The van der Waals surface area contributed by atoms with E-state index in [-0.39, 0.29) is 27.7 Å². The van der Waals surface area contributed by atoms with E-state index in [0.29, 0.717) is 12.4 Å². The molecule has 2 nitrogen and oxygen atoms in total. The molecule has 106 valence electrons. The van der Waals surface area contributed by atoms with Gasteiger partial charge in [-0.2, -0.15) is 0 Å². The number of aromatic amines is 1. The number of hydrogen-bond acceptors (Lipinski definition) is 1. The van der Waals surface area contributed by atoms with Crippen LogP contribution < -0.4 is 0 Å². The molecule has 0 spiro atoms. The van der Waals surface area contributed by atoms with Crippen molar-refractivity contribution in [2.75, 3.05) is 0 Å². The van der Waals surface area contributed by atoms with E-state index < -0.39 is 23.3 Å². The van der Waals surface area contributed by atoms with Crippen LogP contribution in [0.15, 0.2) is 30.3 Å². The van der Waals surface area contributed by atoms with Crippen LogP contribution in [0.5, 0.6) is 0 Å². The smallest absolute Gasteiger partial charge is 0.152 e. The van der Waals surface area contributed by atoms with Crippen molar-refractivity contribution in [2.45, 2.75) is 0 Å². The zero-order valence-electron chi connectivity index (χ0n) is 10.4. The number of H-pyrrole nitrogens is 1. The maximum Gasteiger partial charge on any atom is 0.152 e. The molecule has 0 saturated carbocycles. The topological polar surface area (TPSA) is 32.9 Å². The number of aldehydes is 1. The number of benzene rings is 2. The molecule has 0 bridgehead atoms. The summed E-state index contributed by atoms with van der Waals surface area (Å²) in [5.74, 6) is -3.29. The van der Waals surface area contributed by atoms with E-state index in [4.69, 9.17) is 0 Å². The summed E-state index contributed by atoms with van der Waals surface area (Å²) in [5, 5.41) is -0.162. The van der Waals surface area contributed by atoms with Crippen LogP contribution in [-0.4, -0.2) is 11.3 Å². The first-order chi connectivity index (χ1) is 10.0. The summed E-state index contributed by atoms with van der Waals surface area (Å²) < 4.78 is 54.1. The minimum Gasteiger partial charge on any atom is -0.354 e. The number of carbonyl (C=O) groups excluding carboxylic acids is 1. The lowest BCUT2D eigenvalue weighted by molar-refractivity contribution is 0.112. The van der Waals surface area contributed by atoms with E-state index in [0.717, 1.165) is 24.3 Å². The summed E-state index contributed by atoms with van der Waals surface area (Å²) in [6, 6.07) is 4.28. The first-order valence-electron chi connectivity index (χ1n) is 5.92. The van der Waals surface area contributed by atoms with Gasteiger partial charge in [0.05, 0.1) is 16.8 Å². The second-order valence-electron chi connectivity index (χ2n) is 4.47. The van der Waals surface area contributed by atoms with E-state index >= 15 is 0 Å². The predicted octanol–water partition coefficient (Wildman–Crippen LogP) is 4.20. The molecule has 3 rings (SSSR count). The molecule has 0 radical (unpaired) electrons. The van der Waals surface area contributed by atoms with Gasteiger partial charge in [-0.1, -0.05) is 0 Å². The summed E-state index contributed by atoms with van der Waals surface area (Å²) in [6.45, 7) is 0. The van der Waals surface area contributed by atoms with Gasteiger partial charge >= 0.3 is 0 Å². The monoisotopic (exact) mass is 293 g/mol. The molecule has 0 aliphatic rings. The molecule has 1 heterocycles. The van der Waals surface area contributed by atoms with Crippen molar-refractivity contribution in [3.8, 4) is 11.3 Å². The summed E-state index contributed by atoms with van der Waals surface area (Å²) in [6.07, 6.45) is 0.319. The van der Waals surface area contributed by atoms with Crippen molar-refractivity contribution in [3.63, 3.8) is 0 Å². The van der Waals surface area contributed by atoms with Gasteiger partial charge in [-0.05, 0) is 24.3 Å². The lowest BCUT2D eigenvalue weighted by Crippen LogP contribution is -1.91. The molecular weight excluding hydrogens is 286 g/mol. The molecule has 1 aromatic heterocycles. The van der Waals surface area contributed by atoms with Gasteiger partial charge in [0.1, 0.15) is 23.3 Å². The van der Waals surface area contributed by atoms with Crippen LogP contribution in [0, 0.1) is 23.3 Å². The summed E-state index contributed by atoms with van der Waals surface area (Å²) >= 11 is 0. The number of hydrogen-bond donors (Lipinski definition) is 1. The molecule has 0 fully saturated rings. The summed E-state index contributed by atoms with van der Waals surface area (Å²) in [4.78, 5) is 13.8. The van der Waals surface area contributed by atoms with E-state index in [2.05, 4.69) is 4.98 Å². The quantitative estimate of drug-likeness (QED) is 0.557. The van der Waals surface area contributed by atoms with Crippen LogP contribution in [0.1, 0.15) is 10.4 Å². The van der Waals surface area contributed by atoms with Crippen LogP contribution in [0.4, 0.5) is 17.6 Å². The van der Waals surface area contributed by atoms with Crippen molar-refractivity contribution in [3.05, 3.63) is 59.2 Å². The van der Waals surface area contributed by atoms with E-state index in [1.54, 1.807) is 0 Å². The Balaban J connectivity index is 2.40. The predicted molar refractivity (Wildman–Crippen MR) is 69.0 cm³/mol. The largest absolute Gasteiger partial charge is 0.354 e. The minimum absolute atomic E-state index is 0.00624. The van der Waals surface area contributed by atoms with Crippen molar-refractivity contribution >= 4 is 17.2 Å². The highest BCUT2D eigenvalue weighted by Crippen LogP contribution is 2.33. The van der Waals surface area contributed by atoms with Crippen LogP contribution in [0.25, 0.3) is 22.2 Å². The van der Waals surface area contributed by atoms with Gasteiger partial charge in [0.25, 0.3) is 0 Å². The number of nitrogens with one attached hydrogen (secondary N) is 1. The highest BCUT2D eigenvalue weighted by molar-refractivity contribution is 6.04. The van der Waals surface area contributed by atoms with E-state index in [9.17, 15) is 22.4 Å². The van der Waals surface area contributed by atoms with Crippen LogP contribution in [-0.2, 0) is 0 Å². The Hall–Kier alpha value is -2.63. The lowest BCUT2D eigenvalue weighted by Gasteiger charge is -2.02. The standard InChI is InChI=1S/C15H7F4NO/c16-7-1-2-11(18)9(3-7)15-10(6-21)14-12(19)4-8(17)5-13(14)20-15/h1-6,20H. The molecule has 0 unspecified atom stereocenters. The van der Waals surface area contributed by atoms with Crippen LogP contribution >= 0.6 is 0 Å². The normalized spacial score (nSPS) is 11.0. The van der Waals surface area contributed by atoms with Crippen molar-refractivity contribution < 1.29 is 22.4 Å². The van der Waals surface area contributed by atoms with Crippen LogP contribution in [0.2, 0.25) is 0 Å². The zero-order chi connectivity index (χ0) is 15.1. The fourth-order valence-corrected chi connectivity index (χ4v) is 2.29. The third-order valence-corrected chi connectivity index (χ3v) is 3.17. The Morgan fingerprint density at radius 1 is 0.905 bits per heavy atom. The highest BCUT2D eigenvalue weighted by Gasteiger charge is 2.19. The number of halogens is 4. The van der Waals surface area contributed by atoms with Gasteiger partial charge in [0.2, 0.25) is 0 Å². The number of aromatic nitrogens is 1. The molecule has 0 aliphatic heterocycles. The Bertz CT molecular complexity index is 870. The average Bonchev–Trinajstić information content (AvgIpc) is 2.79. The maximum atomic E-state index is 13.8. The molecule has 6 heteroatoms. The van der Waals surface area contributed by atoms with Crippen LogP contribution in [0.3, 0.4) is 0 Å². The highest BCUT2D eigenvalue weighted by atomic mass is 19.1. The Kier molecular flexibility index (Phi) is 3.01. The van der Waals surface area contributed by atoms with Gasteiger partial charge in [-0.15, -0.1) is 0 Å². The molecular formula is C15H7F4NO. The number of carbonyl (C=O) groups is 1. The molecule has 0 saturated heterocycles. The maximum absolute atomic E-state index is 13.8. The summed E-state index contributed by atoms with van der Waals surface area (Å²) in [7, 11) is 0. The van der Waals surface area contributed by atoms with Gasteiger partial charge in [0, 0.05) is 17.0 Å². The Morgan fingerprint density at radius 3 is 2.38 bits per heavy atom. The fraction of sp³-hybridized carbons (Fsp3) is 0.